The minimum absolute atomic E-state index is 0.00833. The van der Waals surface area contributed by atoms with Gasteiger partial charge in [-0.1, -0.05) is 11.8 Å². The van der Waals surface area contributed by atoms with Crippen molar-refractivity contribution in [2.24, 2.45) is 5.73 Å². The smallest absolute Gasteiger partial charge is 0.222 e. The normalized spacial score (nSPS) is 13.6. The third-order valence-corrected chi connectivity index (χ3v) is 6.18. The molecule has 1 aliphatic carbocycles. The van der Waals surface area contributed by atoms with E-state index in [4.69, 9.17) is 5.73 Å². The molecule has 0 atom stereocenters. The lowest BCUT2D eigenvalue weighted by Gasteiger charge is -2.08. The molecule has 0 aliphatic heterocycles. The van der Waals surface area contributed by atoms with Gasteiger partial charge in [-0.25, -0.2) is 0 Å². The Balaban J connectivity index is 1.48. The van der Waals surface area contributed by atoms with Gasteiger partial charge in [-0.3, -0.25) is 19.1 Å². The summed E-state index contributed by atoms with van der Waals surface area (Å²) >= 11 is 2.71. The first-order valence-electron chi connectivity index (χ1n) is 8.50. The summed E-state index contributed by atoms with van der Waals surface area (Å²) in [5.74, 6) is 0.675. The van der Waals surface area contributed by atoms with E-state index in [2.05, 4.69) is 19.7 Å². The number of nitrogens with two attached hydrogens (primary N) is 1. The Hall–Kier alpha value is -2.52. The number of carbonyl (C=O) groups excluding carboxylic acids is 2. The van der Waals surface area contributed by atoms with Gasteiger partial charge in [0, 0.05) is 28.9 Å². The second-order valence-electron chi connectivity index (χ2n) is 6.27. The van der Waals surface area contributed by atoms with Crippen LogP contribution in [0.4, 0.5) is 0 Å². The number of nitrogens with zero attached hydrogens (tertiary/aromatic N) is 4. The highest BCUT2D eigenvalue weighted by molar-refractivity contribution is 7.99. The number of rotatable bonds is 8. The number of amides is 1. The van der Waals surface area contributed by atoms with Crippen molar-refractivity contribution < 1.29 is 9.59 Å². The van der Waals surface area contributed by atoms with E-state index in [0.29, 0.717) is 10.9 Å². The molecule has 138 valence electrons. The summed E-state index contributed by atoms with van der Waals surface area (Å²) in [6, 6.07) is 7.75. The first-order valence-corrected chi connectivity index (χ1v) is 10.3. The van der Waals surface area contributed by atoms with Crippen molar-refractivity contribution in [1.82, 2.24) is 19.7 Å². The molecule has 3 heterocycles. The average Bonchev–Trinajstić information content (AvgIpc) is 3.24. The second-order valence-corrected chi connectivity index (χ2v) is 8.38. The monoisotopic (exact) mass is 399 g/mol. The lowest BCUT2D eigenvalue weighted by Crippen LogP contribution is -2.12. The topological polar surface area (TPSA) is 104 Å². The fraction of sp³-hybridized carbons (Fsp3) is 0.278. The Bertz CT molecular complexity index is 979. The average molecular weight is 400 g/mol. The number of thioether (sulfide) groups is 1. The minimum atomic E-state index is -0.398. The maximum absolute atomic E-state index is 12.5. The Morgan fingerprint density at radius 1 is 1.26 bits per heavy atom. The van der Waals surface area contributed by atoms with Gasteiger partial charge >= 0.3 is 0 Å². The van der Waals surface area contributed by atoms with E-state index < -0.39 is 5.91 Å². The number of hydrogen-bond acceptors (Lipinski definition) is 7. The quantitative estimate of drug-likeness (QED) is 0.461. The number of ketones is 1. The zero-order valence-electron chi connectivity index (χ0n) is 14.4. The summed E-state index contributed by atoms with van der Waals surface area (Å²) in [7, 11) is 0. The zero-order valence-corrected chi connectivity index (χ0v) is 16.0. The first-order chi connectivity index (χ1) is 13.1. The maximum Gasteiger partial charge on any atom is 0.222 e. The number of pyridine rings is 1. The molecule has 0 radical (unpaired) electrons. The van der Waals surface area contributed by atoms with E-state index in [0.717, 1.165) is 34.3 Å². The molecule has 27 heavy (non-hydrogen) atoms. The number of aromatic nitrogens is 4. The summed E-state index contributed by atoms with van der Waals surface area (Å²) in [6.45, 7) is 0. The van der Waals surface area contributed by atoms with Crippen LogP contribution >= 0.6 is 23.1 Å². The third kappa shape index (κ3) is 4.09. The van der Waals surface area contributed by atoms with Crippen molar-refractivity contribution in [3.05, 3.63) is 46.4 Å². The molecule has 9 heteroatoms. The molecule has 1 aliphatic rings. The molecule has 3 aromatic heterocycles. The molecule has 0 saturated heterocycles. The lowest BCUT2D eigenvalue weighted by atomic mass is 10.3. The highest BCUT2D eigenvalue weighted by Gasteiger charge is 2.30. The van der Waals surface area contributed by atoms with Crippen molar-refractivity contribution in [3.63, 3.8) is 0 Å². The van der Waals surface area contributed by atoms with Crippen LogP contribution in [0, 0.1) is 0 Å². The third-order valence-electron chi connectivity index (χ3n) is 4.11. The van der Waals surface area contributed by atoms with Crippen molar-refractivity contribution in [1.29, 1.82) is 0 Å². The predicted molar refractivity (Wildman–Crippen MR) is 104 cm³/mol. The van der Waals surface area contributed by atoms with Gasteiger partial charge in [0.1, 0.15) is 0 Å². The number of thiophene rings is 1. The highest BCUT2D eigenvalue weighted by Crippen LogP contribution is 2.41. The molecule has 4 rings (SSSR count). The van der Waals surface area contributed by atoms with Gasteiger partial charge in [0.05, 0.1) is 17.1 Å². The van der Waals surface area contributed by atoms with E-state index in [9.17, 15) is 9.59 Å². The molecular formula is C18H17N5O2S2. The second kappa shape index (κ2) is 7.61. The Kier molecular flexibility index (Phi) is 5.04. The molecule has 0 spiro atoms. The molecule has 0 unspecified atom stereocenters. The van der Waals surface area contributed by atoms with E-state index in [-0.39, 0.29) is 18.0 Å². The molecule has 7 nitrogen and oxygen atoms in total. The van der Waals surface area contributed by atoms with Gasteiger partial charge in [-0.2, -0.15) is 0 Å². The molecule has 3 aromatic rings. The van der Waals surface area contributed by atoms with Gasteiger partial charge < -0.3 is 5.73 Å². The molecule has 1 amide bonds. The van der Waals surface area contributed by atoms with Crippen molar-refractivity contribution in [3.8, 4) is 11.4 Å². The van der Waals surface area contributed by atoms with Crippen molar-refractivity contribution in [2.45, 2.75) is 30.5 Å². The van der Waals surface area contributed by atoms with E-state index in [1.54, 1.807) is 24.5 Å². The Morgan fingerprint density at radius 3 is 2.81 bits per heavy atom. The number of Topliss-reactive ketones (excluding diaryl/α,β-unsaturated/α-hetero) is 1. The van der Waals surface area contributed by atoms with Gasteiger partial charge in [-0.15, -0.1) is 21.5 Å². The summed E-state index contributed by atoms with van der Waals surface area (Å²) < 4.78 is 2.11. The molecule has 0 aromatic carbocycles. The van der Waals surface area contributed by atoms with Gasteiger partial charge in [-0.05, 0) is 37.1 Å². The minimum Gasteiger partial charge on any atom is -0.369 e. The van der Waals surface area contributed by atoms with Gasteiger partial charge in [0.2, 0.25) is 5.91 Å². The molecule has 1 saturated carbocycles. The molecule has 1 fully saturated rings. The predicted octanol–water partition coefficient (Wildman–Crippen LogP) is 2.74. The van der Waals surface area contributed by atoms with Crippen LogP contribution in [0.15, 0.2) is 41.8 Å². The largest absolute Gasteiger partial charge is 0.369 e. The summed E-state index contributed by atoms with van der Waals surface area (Å²) in [6.07, 6.45) is 5.84. The van der Waals surface area contributed by atoms with Crippen LogP contribution in [0.25, 0.3) is 11.4 Å². The molecular weight excluding hydrogens is 382 g/mol. The fourth-order valence-corrected chi connectivity index (χ4v) is 4.66. The first kappa shape index (κ1) is 17.9. The fourth-order valence-electron chi connectivity index (χ4n) is 2.72. The lowest BCUT2D eigenvalue weighted by molar-refractivity contribution is -0.117. The summed E-state index contributed by atoms with van der Waals surface area (Å²) in [5.41, 5.74) is 6.12. The zero-order chi connectivity index (χ0) is 18.8. The Labute approximate surface area is 164 Å². The van der Waals surface area contributed by atoms with E-state index >= 15 is 0 Å². The van der Waals surface area contributed by atoms with Crippen LogP contribution in [0.3, 0.4) is 0 Å². The maximum atomic E-state index is 12.5. The standard InChI is InChI=1S/C18H17N5O2S2/c19-16(25)8-13-5-6-15(27-13)14(24)10-26-18-22-21-17(23(18)12-3-4-12)11-2-1-7-20-9-11/h1-2,5-7,9,12H,3-4,8,10H2,(H2,19,25). The van der Waals surface area contributed by atoms with E-state index in [1.807, 2.05) is 12.1 Å². The van der Waals surface area contributed by atoms with Crippen molar-refractivity contribution in [2.75, 3.05) is 5.75 Å². The number of carbonyl (C=O) groups is 2. The molecule has 0 bridgehead atoms. The summed E-state index contributed by atoms with van der Waals surface area (Å²) in [5, 5.41) is 9.38. The Morgan fingerprint density at radius 2 is 2.11 bits per heavy atom. The van der Waals surface area contributed by atoms with Crippen LogP contribution in [0.5, 0.6) is 0 Å². The number of hydrogen-bond donors (Lipinski definition) is 1. The van der Waals surface area contributed by atoms with Gasteiger partial charge in [0.25, 0.3) is 0 Å². The van der Waals surface area contributed by atoms with Gasteiger partial charge in [0.15, 0.2) is 16.8 Å². The van der Waals surface area contributed by atoms with Crippen LogP contribution in [0.1, 0.15) is 33.4 Å². The molecule has 2 N–H and O–H groups in total. The summed E-state index contributed by atoms with van der Waals surface area (Å²) in [4.78, 5) is 29.1. The van der Waals surface area contributed by atoms with Crippen molar-refractivity contribution >= 4 is 34.8 Å². The van der Waals surface area contributed by atoms with Crippen LogP contribution < -0.4 is 5.73 Å². The van der Waals surface area contributed by atoms with Crippen LogP contribution in [0.2, 0.25) is 0 Å². The number of primary amides is 1. The van der Waals surface area contributed by atoms with Crippen LogP contribution in [-0.4, -0.2) is 37.2 Å². The van der Waals surface area contributed by atoms with Crippen LogP contribution in [-0.2, 0) is 11.2 Å². The SMILES string of the molecule is NC(=O)Cc1ccc(C(=O)CSc2nnc(-c3cccnc3)n2C2CC2)s1. The van der Waals surface area contributed by atoms with E-state index in [1.165, 1.54) is 23.1 Å². The highest BCUT2D eigenvalue weighted by atomic mass is 32.2.